The van der Waals surface area contributed by atoms with Crippen LogP contribution in [-0.2, 0) is 24.4 Å². The number of rotatable bonds is 7. The number of unbranched alkanes of at least 4 members (excludes halogenated alkanes) is 3. The number of imidazole rings is 1. The minimum atomic E-state index is -2.36. The SMILES string of the molecule is CCCCCCn1c(=O)c2c(ncn2CP(C)(C)=O)n(C)c1=O. The largest absolute Gasteiger partial charge is 0.332 e. The summed E-state index contributed by atoms with van der Waals surface area (Å²) >= 11 is 0. The summed E-state index contributed by atoms with van der Waals surface area (Å²) in [6.07, 6.45) is 5.70. The third-order valence-corrected chi connectivity index (χ3v) is 4.82. The molecule has 0 aliphatic rings. The average molecular weight is 340 g/mol. The van der Waals surface area contributed by atoms with Gasteiger partial charge in [-0.15, -0.1) is 0 Å². The number of hydrogen-bond acceptors (Lipinski definition) is 4. The van der Waals surface area contributed by atoms with Gasteiger partial charge < -0.3 is 9.13 Å². The van der Waals surface area contributed by atoms with Gasteiger partial charge in [-0.3, -0.25) is 13.9 Å². The van der Waals surface area contributed by atoms with Crippen molar-refractivity contribution in [2.24, 2.45) is 7.05 Å². The monoisotopic (exact) mass is 340 g/mol. The summed E-state index contributed by atoms with van der Waals surface area (Å²) in [6, 6.07) is 0. The van der Waals surface area contributed by atoms with Crippen molar-refractivity contribution < 1.29 is 4.57 Å². The van der Waals surface area contributed by atoms with Crippen molar-refractivity contribution >= 4 is 18.3 Å². The molecule has 2 rings (SSSR count). The molecule has 2 aromatic rings. The molecular weight excluding hydrogens is 315 g/mol. The minimum absolute atomic E-state index is 0.243. The second kappa shape index (κ2) is 6.87. The van der Waals surface area contributed by atoms with E-state index in [1.807, 2.05) is 0 Å². The fourth-order valence-corrected chi connectivity index (χ4v) is 3.64. The van der Waals surface area contributed by atoms with Gasteiger partial charge in [0.25, 0.3) is 5.56 Å². The molecule has 0 saturated carbocycles. The highest BCUT2D eigenvalue weighted by molar-refractivity contribution is 7.61. The van der Waals surface area contributed by atoms with Crippen LogP contribution in [0.3, 0.4) is 0 Å². The molecule has 2 aromatic heterocycles. The van der Waals surface area contributed by atoms with E-state index >= 15 is 0 Å². The lowest BCUT2D eigenvalue weighted by Crippen LogP contribution is -2.39. The minimum Gasteiger partial charge on any atom is -0.322 e. The van der Waals surface area contributed by atoms with Gasteiger partial charge in [-0.1, -0.05) is 26.2 Å². The van der Waals surface area contributed by atoms with Gasteiger partial charge in [-0.2, -0.15) is 0 Å². The van der Waals surface area contributed by atoms with Gasteiger partial charge in [0.2, 0.25) is 0 Å². The van der Waals surface area contributed by atoms with Gasteiger partial charge in [0.05, 0.1) is 12.6 Å². The third-order valence-electron chi connectivity index (χ3n) is 3.83. The van der Waals surface area contributed by atoms with Crippen LogP contribution in [0.2, 0.25) is 0 Å². The quantitative estimate of drug-likeness (QED) is 0.571. The smallest absolute Gasteiger partial charge is 0.322 e. The fraction of sp³-hybridized carbons (Fsp3) is 0.667. The molecule has 0 unspecified atom stereocenters. The number of nitrogens with zero attached hydrogens (tertiary/aromatic N) is 4. The van der Waals surface area contributed by atoms with E-state index in [1.54, 1.807) is 24.9 Å². The standard InChI is InChI=1S/C15H25N4O3P/c1-5-6-7-8-9-19-14(20)12-13(17(2)15(19)21)16-10-18(12)11-23(3,4)22/h10H,5-9,11H2,1-4H3. The van der Waals surface area contributed by atoms with E-state index in [4.69, 9.17) is 0 Å². The summed E-state index contributed by atoms with van der Waals surface area (Å²) in [7, 11) is -0.751. The normalized spacial score (nSPS) is 12.2. The zero-order valence-corrected chi connectivity index (χ0v) is 15.2. The number of fused-ring (bicyclic) bond motifs is 1. The molecule has 23 heavy (non-hydrogen) atoms. The number of hydrogen-bond donors (Lipinski definition) is 0. The summed E-state index contributed by atoms with van der Waals surface area (Å²) in [5, 5.41) is 0. The first-order chi connectivity index (χ1) is 10.8. The lowest BCUT2D eigenvalue weighted by molar-refractivity contribution is 0.538. The van der Waals surface area contributed by atoms with Gasteiger partial charge in [-0.05, 0) is 19.8 Å². The average Bonchev–Trinajstić information content (AvgIpc) is 2.86. The zero-order valence-electron chi connectivity index (χ0n) is 14.3. The third kappa shape index (κ3) is 3.83. The molecule has 0 saturated heterocycles. The van der Waals surface area contributed by atoms with Crippen LogP contribution in [0.4, 0.5) is 0 Å². The van der Waals surface area contributed by atoms with Crippen molar-refractivity contribution in [2.75, 3.05) is 13.3 Å². The second-order valence-electron chi connectivity index (χ2n) is 6.46. The summed E-state index contributed by atoms with van der Waals surface area (Å²) in [4.78, 5) is 29.3. The molecule has 0 bridgehead atoms. The van der Waals surface area contributed by atoms with Crippen LogP contribution < -0.4 is 11.2 Å². The molecule has 7 nitrogen and oxygen atoms in total. The Kier molecular flexibility index (Phi) is 5.30. The first-order valence-corrected chi connectivity index (χ1v) is 10.7. The molecule has 0 N–H and O–H groups in total. The van der Waals surface area contributed by atoms with Crippen LogP contribution in [0.15, 0.2) is 15.9 Å². The Morgan fingerprint density at radius 2 is 1.87 bits per heavy atom. The molecule has 0 atom stereocenters. The molecule has 128 valence electrons. The maximum absolute atomic E-state index is 12.7. The highest BCUT2D eigenvalue weighted by atomic mass is 31.2. The van der Waals surface area contributed by atoms with E-state index in [2.05, 4.69) is 11.9 Å². The Morgan fingerprint density at radius 1 is 1.17 bits per heavy atom. The molecule has 0 spiro atoms. The van der Waals surface area contributed by atoms with Crippen LogP contribution in [0, 0.1) is 0 Å². The van der Waals surface area contributed by atoms with Crippen molar-refractivity contribution in [3.05, 3.63) is 27.2 Å². The van der Waals surface area contributed by atoms with Gasteiger partial charge in [-0.25, -0.2) is 9.78 Å². The van der Waals surface area contributed by atoms with E-state index in [1.165, 1.54) is 15.5 Å². The molecule has 0 fully saturated rings. The van der Waals surface area contributed by atoms with Crippen molar-refractivity contribution in [3.8, 4) is 0 Å². The summed E-state index contributed by atoms with van der Waals surface area (Å²) in [5.41, 5.74) is 0.00995. The van der Waals surface area contributed by atoms with Crippen molar-refractivity contribution in [2.45, 2.75) is 45.4 Å². The Labute approximate surface area is 135 Å². The zero-order chi connectivity index (χ0) is 17.2. The maximum Gasteiger partial charge on any atom is 0.332 e. The molecular formula is C15H25N4O3P. The Hall–Kier alpha value is -1.62. The van der Waals surface area contributed by atoms with Crippen LogP contribution in [0.1, 0.15) is 32.6 Å². The van der Waals surface area contributed by atoms with Gasteiger partial charge >= 0.3 is 5.69 Å². The van der Waals surface area contributed by atoms with E-state index in [9.17, 15) is 14.2 Å². The van der Waals surface area contributed by atoms with Crippen LogP contribution in [0.5, 0.6) is 0 Å². The van der Waals surface area contributed by atoms with Gasteiger partial charge in [0.15, 0.2) is 11.2 Å². The lowest BCUT2D eigenvalue weighted by atomic mass is 10.2. The van der Waals surface area contributed by atoms with Crippen molar-refractivity contribution in [1.29, 1.82) is 0 Å². The summed E-state index contributed by atoms with van der Waals surface area (Å²) < 4.78 is 16.4. The second-order valence-corrected chi connectivity index (χ2v) is 9.89. The molecule has 0 aromatic carbocycles. The predicted octanol–water partition coefficient (Wildman–Crippen LogP) is 2.06. The van der Waals surface area contributed by atoms with Crippen LogP contribution in [-0.4, -0.2) is 32.0 Å². The maximum atomic E-state index is 12.7. The van der Waals surface area contributed by atoms with Gasteiger partial charge in [0, 0.05) is 13.6 Å². The topological polar surface area (TPSA) is 78.9 Å². The lowest BCUT2D eigenvalue weighted by Gasteiger charge is -2.11. The molecule has 0 aliphatic carbocycles. The van der Waals surface area contributed by atoms with E-state index in [0.29, 0.717) is 17.7 Å². The van der Waals surface area contributed by atoms with Crippen molar-refractivity contribution in [3.63, 3.8) is 0 Å². The Bertz CT molecular complexity index is 856. The Balaban J connectivity index is 2.52. The Morgan fingerprint density at radius 3 is 2.48 bits per heavy atom. The predicted molar refractivity (Wildman–Crippen MR) is 92.8 cm³/mol. The highest BCUT2D eigenvalue weighted by Crippen LogP contribution is 2.38. The number of aryl methyl sites for hydroxylation is 1. The number of aromatic nitrogens is 4. The molecule has 8 heteroatoms. The van der Waals surface area contributed by atoms with E-state index in [0.717, 1.165) is 25.7 Å². The van der Waals surface area contributed by atoms with Gasteiger partial charge in [0.1, 0.15) is 7.14 Å². The van der Waals surface area contributed by atoms with Crippen molar-refractivity contribution in [1.82, 2.24) is 18.7 Å². The molecule has 0 aliphatic heterocycles. The van der Waals surface area contributed by atoms with E-state index < -0.39 is 7.14 Å². The van der Waals surface area contributed by atoms with Crippen LogP contribution in [0.25, 0.3) is 11.2 Å². The first-order valence-electron chi connectivity index (χ1n) is 7.95. The van der Waals surface area contributed by atoms with E-state index in [-0.39, 0.29) is 17.5 Å². The molecule has 2 heterocycles. The first kappa shape index (κ1) is 17.7. The fourth-order valence-electron chi connectivity index (χ4n) is 2.69. The van der Waals surface area contributed by atoms with Crippen LogP contribution >= 0.6 is 7.14 Å². The molecule has 0 radical (unpaired) electrons. The highest BCUT2D eigenvalue weighted by Gasteiger charge is 2.18. The summed E-state index contributed by atoms with van der Waals surface area (Å²) in [6.45, 7) is 5.86. The summed E-state index contributed by atoms with van der Waals surface area (Å²) in [5.74, 6) is 0. The molecule has 0 amide bonds.